The molecule has 0 spiro atoms. The molecule has 3 unspecified atom stereocenters. The van der Waals surface area contributed by atoms with Gasteiger partial charge in [0.25, 0.3) is 0 Å². The van der Waals surface area contributed by atoms with E-state index in [0.717, 1.165) is 69.2 Å². The fraction of sp³-hybridized carbons (Fsp3) is 0.724. The predicted octanol–water partition coefficient (Wildman–Crippen LogP) is 4.76. The number of nitrogens with zero attached hydrogens (tertiary/aromatic N) is 1. The molecule has 7 nitrogen and oxygen atoms in total. The number of amides is 1. The number of carbonyl (C=O) groups is 2. The largest absolute Gasteiger partial charge is 0.508 e. The lowest BCUT2D eigenvalue weighted by atomic mass is 9.55. The summed E-state index contributed by atoms with van der Waals surface area (Å²) in [5, 5.41) is 13.0. The zero-order valence-electron chi connectivity index (χ0n) is 22.6. The third-order valence-corrected chi connectivity index (χ3v) is 10.2. The van der Waals surface area contributed by atoms with Crippen LogP contribution in [0.4, 0.5) is 4.79 Å². The lowest BCUT2D eigenvalue weighted by Gasteiger charge is -2.50. The fourth-order valence-corrected chi connectivity index (χ4v) is 7.65. The number of ether oxygens (including phenoxy) is 2. The van der Waals surface area contributed by atoms with Gasteiger partial charge in [0.1, 0.15) is 18.9 Å². The van der Waals surface area contributed by atoms with Gasteiger partial charge in [-0.3, -0.25) is 0 Å². The smallest absolute Gasteiger partial charge is 0.407 e. The third-order valence-electron chi connectivity index (χ3n) is 10.2. The molecule has 7 heteroatoms. The lowest BCUT2D eigenvalue weighted by molar-refractivity contribution is -0.923. The number of carbonyl (C=O) groups excluding carboxylic acids is 2. The van der Waals surface area contributed by atoms with E-state index in [1.54, 1.807) is 0 Å². The van der Waals surface area contributed by atoms with Crippen LogP contribution in [0.25, 0.3) is 0 Å². The van der Waals surface area contributed by atoms with Crippen molar-refractivity contribution in [3.63, 3.8) is 0 Å². The normalized spacial score (nSPS) is 29.0. The Labute approximate surface area is 216 Å². The average Bonchev–Trinajstić information content (AvgIpc) is 3.21. The van der Waals surface area contributed by atoms with Crippen molar-refractivity contribution >= 4 is 12.1 Å². The van der Waals surface area contributed by atoms with Gasteiger partial charge in [0.05, 0.1) is 19.6 Å². The summed E-state index contributed by atoms with van der Waals surface area (Å²) in [5.74, 6) is 1.57. The summed E-state index contributed by atoms with van der Waals surface area (Å²) in [6.07, 6.45) is 5.82. The monoisotopic (exact) mass is 501 g/mol. The van der Waals surface area contributed by atoms with E-state index in [4.69, 9.17) is 9.47 Å². The molecule has 4 rings (SSSR count). The van der Waals surface area contributed by atoms with Gasteiger partial charge in [0.15, 0.2) is 6.61 Å². The Morgan fingerprint density at radius 1 is 1.08 bits per heavy atom. The number of fused-ring (bicyclic) bond motifs is 5. The number of rotatable bonds is 9. The molecule has 0 aromatic heterocycles. The van der Waals surface area contributed by atoms with Gasteiger partial charge in [-0.05, 0) is 106 Å². The number of esters is 1. The summed E-state index contributed by atoms with van der Waals surface area (Å²) in [7, 11) is 0. The van der Waals surface area contributed by atoms with Crippen LogP contribution < -0.4 is 5.32 Å². The number of benzene rings is 1. The van der Waals surface area contributed by atoms with Crippen LogP contribution >= 0.6 is 0 Å². The highest BCUT2D eigenvalue weighted by atomic mass is 16.6. The molecule has 5 atom stereocenters. The molecule has 0 aliphatic heterocycles. The van der Waals surface area contributed by atoms with Crippen molar-refractivity contribution < 1.29 is 28.7 Å². The molecule has 0 saturated heterocycles. The molecule has 0 radical (unpaired) electrons. The number of quaternary nitrogens is 1. The van der Waals surface area contributed by atoms with Crippen molar-refractivity contribution in [2.24, 2.45) is 17.3 Å². The molecule has 2 saturated carbocycles. The number of aromatic hydroxyl groups is 1. The number of phenolic OH excluding ortho intramolecular Hbond substituents is 1. The molecular formula is C29H45N2O5+. The lowest BCUT2D eigenvalue weighted by Crippen LogP contribution is -2.50. The second-order valence-electron chi connectivity index (χ2n) is 11.4. The number of hydrogen-bond donors (Lipinski definition) is 2. The summed E-state index contributed by atoms with van der Waals surface area (Å²) >= 11 is 0. The highest BCUT2D eigenvalue weighted by Crippen LogP contribution is 2.61. The van der Waals surface area contributed by atoms with E-state index >= 15 is 0 Å². The van der Waals surface area contributed by atoms with E-state index in [9.17, 15) is 14.7 Å². The first-order valence-corrected chi connectivity index (χ1v) is 14.0. The summed E-state index contributed by atoms with van der Waals surface area (Å²) < 4.78 is 11.5. The van der Waals surface area contributed by atoms with Crippen LogP contribution in [0, 0.1) is 17.3 Å². The SMILES string of the molecule is CC[N+](CC)(CC)CCOC(=O)COC(=O)N[C@H]1CCC2C3CCc4cc(O)ccc4C3CC[C@@]21C. The number of alkyl carbamates (subject to hydrolysis) is 1. The zero-order valence-corrected chi connectivity index (χ0v) is 22.6. The second kappa shape index (κ2) is 11.0. The van der Waals surface area contributed by atoms with Gasteiger partial charge >= 0.3 is 12.1 Å². The van der Waals surface area contributed by atoms with E-state index in [0.29, 0.717) is 30.1 Å². The Morgan fingerprint density at radius 3 is 2.56 bits per heavy atom. The maximum atomic E-state index is 12.6. The number of nitrogens with one attached hydrogen (secondary N) is 1. The van der Waals surface area contributed by atoms with Gasteiger partial charge in [-0.2, -0.15) is 0 Å². The molecule has 36 heavy (non-hydrogen) atoms. The van der Waals surface area contributed by atoms with E-state index in [1.165, 1.54) is 11.1 Å². The number of likely N-dealkylation sites (N-methyl/N-ethyl adjacent to an activating group) is 1. The van der Waals surface area contributed by atoms with Crippen LogP contribution in [0.5, 0.6) is 5.75 Å². The Bertz CT molecular complexity index is 937. The highest BCUT2D eigenvalue weighted by Gasteiger charge is 2.55. The van der Waals surface area contributed by atoms with Crippen molar-refractivity contribution in [2.75, 3.05) is 39.4 Å². The van der Waals surface area contributed by atoms with Crippen molar-refractivity contribution in [1.82, 2.24) is 5.32 Å². The van der Waals surface area contributed by atoms with Gasteiger partial charge < -0.3 is 24.4 Å². The Kier molecular flexibility index (Phi) is 8.18. The molecule has 2 N–H and O–H groups in total. The standard InChI is InChI=1S/C29H44N2O5/c1-5-31(6-2,7-3)16-17-35-27(33)19-36-28(34)30-26-13-12-25-24-10-8-20-18-21(32)9-11-22(20)23(24)14-15-29(25,26)4/h9,11,18,23-26H,5-8,10,12-17,19H2,1-4H3,(H-,30,32,34)/p+1/t23?,24?,25?,26-,29-/m0/s1. The fourth-order valence-electron chi connectivity index (χ4n) is 7.65. The number of aryl methyl sites for hydroxylation is 1. The first-order valence-electron chi connectivity index (χ1n) is 14.0. The minimum Gasteiger partial charge on any atom is -0.508 e. The summed E-state index contributed by atoms with van der Waals surface area (Å²) in [6, 6.07) is 5.94. The van der Waals surface area contributed by atoms with Crippen molar-refractivity contribution in [2.45, 2.75) is 78.2 Å². The topological polar surface area (TPSA) is 84.9 Å². The van der Waals surface area contributed by atoms with E-state index < -0.39 is 12.1 Å². The number of phenols is 1. The summed E-state index contributed by atoms with van der Waals surface area (Å²) in [4.78, 5) is 24.8. The minimum atomic E-state index is -0.522. The van der Waals surface area contributed by atoms with E-state index in [2.05, 4.69) is 39.1 Å². The van der Waals surface area contributed by atoms with Crippen LogP contribution in [0.2, 0.25) is 0 Å². The van der Waals surface area contributed by atoms with Crippen molar-refractivity contribution in [3.8, 4) is 5.75 Å². The molecule has 0 bridgehead atoms. The molecule has 2 fully saturated rings. The maximum absolute atomic E-state index is 12.6. The van der Waals surface area contributed by atoms with Gasteiger partial charge in [-0.25, -0.2) is 9.59 Å². The van der Waals surface area contributed by atoms with Crippen LogP contribution in [-0.2, 0) is 20.7 Å². The second-order valence-corrected chi connectivity index (χ2v) is 11.4. The molecule has 1 aromatic carbocycles. The highest BCUT2D eigenvalue weighted by molar-refractivity contribution is 5.75. The first kappa shape index (κ1) is 26.8. The van der Waals surface area contributed by atoms with E-state index in [-0.39, 0.29) is 18.1 Å². The van der Waals surface area contributed by atoms with Crippen LogP contribution in [-0.4, -0.2) is 67.1 Å². The number of hydrogen-bond acceptors (Lipinski definition) is 5. The minimum absolute atomic E-state index is 0.0385. The quantitative estimate of drug-likeness (QED) is 0.376. The summed E-state index contributed by atoms with van der Waals surface area (Å²) in [6.45, 7) is 12.6. The Balaban J connectivity index is 1.27. The van der Waals surface area contributed by atoms with Crippen LogP contribution in [0.1, 0.15) is 76.8 Å². The average molecular weight is 502 g/mol. The van der Waals surface area contributed by atoms with E-state index in [1.807, 2.05) is 12.1 Å². The van der Waals surface area contributed by atoms with Crippen LogP contribution in [0.15, 0.2) is 18.2 Å². The predicted molar refractivity (Wildman–Crippen MR) is 139 cm³/mol. The van der Waals surface area contributed by atoms with Gasteiger partial charge in [-0.1, -0.05) is 13.0 Å². The Morgan fingerprint density at radius 2 is 1.83 bits per heavy atom. The van der Waals surface area contributed by atoms with Gasteiger partial charge in [0.2, 0.25) is 0 Å². The molecular weight excluding hydrogens is 456 g/mol. The third kappa shape index (κ3) is 5.22. The molecule has 1 amide bonds. The molecule has 200 valence electrons. The summed E-state index contributed by atoms with van der Waals surface area (Å²) in [5.41, 5.74) is 2.75. The van der Waals surface area contributed by atoms with Crippen LogP contribution in [0.3, 0.4) is 0 Å². The van der Waals surface area contributed by atoms with Crippen molar-refractivity contribution in [1.29, 1.82) is 0 Å². The Hall–Kier alpha value is -2.28. The van der Waals surface area contributed by atoms with Crippen molar-refractivity contribution in [3.05, 3.63) is 29.3 Å². The van der Waals surface area contributed by atoms with Gasteiger partial charge in [0, 0.05) is 6.04 Å². The zero-order chi connectivity index (χ0) is 25.9. The maximum Gasteiger partial charge on any atom is 0.407 e. The molecule has 1 aromatic rings. The van der Waals surface area contributed by atoms with Gasteiger partial charge in [-0.15, -0.1) is 0 Å². The molecule has 3 aliphatic rings. The molecule has 3 aliphatic carbocycles. The molecule has 0 heterocycles. The first-order chi connectivity index (χ1) is 17.2.